The smallest absolute Gasteiger partial charge is 0.243 e. The number of benzene rings is 1. The van der Waals surface area contributed by atoms with Crippen LogP contribution in [0, 0.1) is 29.6 Å². The van der Waals surface area contributed by atoms with Gasteiger partial charge in [-0.1, -0.05) is 43.2 Å². The lowest BCUT2D eigenvalue weighted by molar-refractivity contribution is -0.145. The van der Waals surface area contributed by atoms with Crippen molar-refractivity contribution in [2.24, 2.45) is 22.7 Å². The predicted molar refractivity (Wildman–Crippen MR) is 96.5 cm³/mol. The lowest BCUT2D eigenvalue weighted by Gasteiger charge is -2.53. The van der Waals surface area contributed by atoms with Crippen LogP contribution in [0.5, 0.6) is 0 Å². The highest BCUT2D eigenvalue weighted by Crippen LogP contribution is 2.60. The molecule has 1 aliphatic heterocycles. The number of rotatable bonds is 2. The second kappa shape index (κ2) is 5.04. The fourth-order valence-corrected chi connectivity index (χ4v) is 6.84. The first-order chi connectivity index (χ1) is 11.6. The summed E-state index contributed by atoms with van der Waals surface area (Å²) >= 11 is 0. The highest BCUT2D eigenvalue weighted by atomic mass is 32.2. The molecule has 0 N–H and O–H groups in total. The third-order valence-corrected chi connectivity index (χ3v) is 8.51. The molecule has 3 atom stereocenters. The zero-order valence-electron chi connectivity index (χ0n) is 15.2. The number of carbonyl (C=O) groups excluding carboxylic acids is 1. The van der Waals surface area contributed by atoms with E-state index in [1.165, 1.54) is 9.88 Å². The summed E-state index contributed by atoms with van der Waals surface area (Å²) in [5, 5.41) is 0. The van der Waals surface area contributed by atoms with Gasteiger partial charge in [-0.25, -0.2) is 8.42 Å². The van der Waals surface area contributed by atoms with E-state index in [9.17, 15) is 13.2 Å². The highest BCUT2D eigenvalue weighted by Gasteiger charge is 2.64. The summed E-state index contributed by atoms with van der Waals surface area (Å²) in [6.07, 6.45) is 2.99. The largest absolute Gasteiger partial charge is 0.298 e. The quantitative estimate of drug-likeness (QED) is 0.762. The highest BCUT2D eigenvalue weighted by molar-refractivity contribution is 7.89. The number of allylic oxidation sites excluding steroid dienone is 1. The second-order valence-corrected chi connectivity index (χ2v) is 10.5. The molecule has 4 nitrogen and oxygen atoms in total. The Kier molecular flexibility index (Phi) is 3.42. The standard InChI is InChI=1S/C20H25NO3S/c1-13-5-7-16(8-6-13)25(23,24)21-11-15-9-17-14(2)10-20(15,12-21)18(22)19(17,3)4/h5-8,10,15,17H,9,11-12H2,1-4H3. The van der Waals surface area contributed by atoms with Crippen LogP contribution in [-0.2, 0) is 14.8 Å². The van der Waals surface area contributed by atoms with Crippen molar-refractivity contribution in [3.8, 4) is 0 Å². The minimum absolute atomic E-state index is 0.0990. The van der Waals surface area contributed by atoms with Gasteiger partial charge >= 0.3 is 0 Å². The van der Waals surface area contributed by atoms with Gasteiger partial charge in [0.2, 0.25) is 10.0 Å². The van der Waals surface area contributed by atoms with E-state index in [2.05, 4.69) is 13.0 Å². The molecule has 1 heterocycles. The first-order valence-electron chi connectivity index (χ1n) is 8.90. The van der Waals surface area contributed by atoms with Gasteiger partial charge in [0.1, 0.15) is 0 Å². The number of ketones is 1. The Hall–Kier alpha value is -1.46. The Balaban J connectivity index is 1.74. The van der Waals surface area contributed by atoms with Crippen molar-refractivity contribution in [3.63, 3.8) is 0 Å². The molecule has 0 amide bonds. The van der Waals surface area contributed by atoms with E-state index in [-0.39, 0.29) is 24.2 Å². The molecule has 2 fully saturated rings. The van der Waals surface area contributed by atoms with E-state index in [1.807, 2.05) is 32.9 Å². The first kappa shape index (κ1) is 17.0. The van der Waals surface area contributed by atoms with Gasteiger partial charge in [0.25, 0.3) is 0 Å². The number of hydrogen-bond donors (Lipinski definition) is 0. The monoisotopic (exact) mass is 359 g/mol. The zero-order valence-corrected chi connectivity index (χ0v) is 16.1. The number of nitrogens with zero attached hydrogens (tertiary/aromatic N) is 1. The Morgan fingerprint density at radius 3 is 2.40 bits per heavy atom. The topological polar surface area (TPSA) is 54.5 Å². The summed E-state index contributed by atoms with van der Waals surface area (Å²) in [6.45, 7) is 8.79. The molecule has 1 saturated carbocycles. The van der Waals surface area contributed by atoms with Gasteiger partial charge in [0, 0.05) is 18.5 Å². The van der Waals surface area contributed by atoms with E-state index in [0.717, 1.165) is 12.0 Å². The lowest BCUT2D eigenvalue weighted by atomic mass is 9.48. The maximum atomic E-state index is 13.2. The molecule has 1 saturated heterocycles. The van der Waals surface area contributed by atoms with E-state index < -0.39 is 20.9 Å². The van der Waals surface area contributed by atoms with Gasteiger partial charge in [-0.3, -0.25) is 4.79 Å². The van der Waals surface area contributed by atoms with Crippen molar-refractivity contribution in [1.29, 1.82) is 0 Å². The van der Waals surface area contributed by atoms with E-state index in [1.54, 1.807) is 12.1 Å². The van der Waals surface area contributed by atoms with Gasteiger partial charge < -0.3 is 0 Å². The minimum atomic E-state index is -3.57. The van der Waals surface area contributed by atoms with Crippen LogP contribution in [0.1, 0.15) is 32.8 Å². The molecule has 3 unspecified atom stereocenters. The molecule has 1 spiro atoms. The van der Waals surface area contributed by atoms with Crippen LogP contribution in [0.4, 0.5) is 0 Å². The summed E-state index contributed by atoms with van der Waals surface area (Å²) < 4.78 is 27.7. The Morgan fingerprint density at radius 2 is 1.76 bits per heavy atom. The van der Waals surface area contributed by atoms with Gasteiger partial charge in [0.05, 0.1) is 10.3 Å². The Labute approximate surface area is 150 Å². The second-order valence-electron chi connectivity index (χ2n) is 8.58. The van der Waals surface area contributed by atoms with Crippen LogP contribution in [0.2, 0.25) is 0 Å². The molecule has 1 aromatic rings. The fraction of sp³-hybridized carbons (Fsp3) is 0.550. The van der Waals surface area contributed by atoms with Crippen LogP contribution >= 0.6 is 0 Å². The Bertz CT molecular complexity index is 882. The number of hydrogen-bond acceptors (Lipinski definition) is 3. The molecule has 0 radical (unpaired) electrons. The molecule has 4 aliphatic rings. The van der Waals surface area contributed by atoms with Crippen LogP contribution in [0.25, 0.3) is 0 Å². The third kappa shape index (κ3) is 2.15. The van der Waals surface area contributed by atoms with Crippen LogP contribution < -0.4 is 0 Å². The van der Waals surface area contributed by atoms with Gasteiger partial charge in [-0.15, -0.1) is 0 Å². The predicted octanol–water partition coefficient (Wildman–Crippen LogP) is 3.18. The Morgan fingerprint density at radius 1 is 1.12 bits per heavy atom. The molecule has 134 valence electrons. The number of Topliss-reactive ketones (excluding diaryl/α,β-unsaturated/α-hetero) is 1. The van der Waals surface area contributed by atoms with E-state index in [0.29, 0.717) is 11.4 Å². The average molecular weight is 359 g/mol. The number of sulfonamides is 1. The molecule has 25 heavy (non-hydrogen) atoms. The van der Waals surface area contributed by atoms with Gasteiger partial charge in [-0.05, 0) is 44.2 Å². The third-order valence-electron chi connectivity index (χ3n) is 6.68. The summed E-state index contributed by atoms with van der Waals surface area (Å²) in [5.74, 6) is 0.546. The molecule has 1 aromatic carbocycles. The van der Waals surface area contributed by atoms with Crippen molar-refractivity contribution < 1.29 is 13.2 Å². The van der Waals surface area contributed by atoms with Crippen LogP contribution in [-0.4, -0.2) is 31.6 Å². The van der Waals surface area contributed by atoms with Crippen LogP contribution in [0.15, 0.2) is 40.8 Å². The lowest BCUT2D eigenvalue weighted by Crippen LogP contribution is -2.57. The van der Waals surface area contributed by atoms with Crippen molar-refractivity contribution in [3.05, 3.63) is 41.5 Å². The van der Waals surface area contributed by atoms with Crippen molar-refractivity contribution in [1.82, 2.24) is 4.31 Å². The molecule has 5 heteroatoms. The SMILES string of the molecule is CC1=CC23CN(S(=O)(=O)c4ccc(C)cc4)CC2CC1C(C)(C)C3=O. The fourth-order valence-electron chi connectivity index (χ4n) is 5.31. The van der Waals surface area contributed by atoms with Crippen molar-refractivity contribution in [2.75, 3.05) is 13.1 Å². The molecule has 0 aromatic heterocycles. The van der Waals surface area contributed by atoms with E-state index >= 15 is 0 Å². The maximum absolute atomic E-state index is 13.2. The zero-order chi connectivity index (χ0) is 18.2. The maximum Gasteiger partial charge on any atom is 0.243 e. The molecule has 3 aliphatic carbocycles. The summed E-state index contributed by atoms with van der Waals surface area (Å²) in [7, 11) is -3.57. The van der Waals surface area contributed by atoms with Crippen molar-refractivity contribution in [2.45, 2.75) is 39.0 Å². The number of carbonyl (C=O) groups is 1. The summed E-state index contributed by atoms with van der Waals surface area (Å²) in [4.78, 5) is 13.6. The summed E-state index contributed by atoms with van der Waals surface area (Å²) in [5.41, 5.74) is 1.23. The summed E-state index contributed by atoms with van der Waals surface area (Å²) in [6, 6.07) is 6.96. The van der Waals surface area contributed by atoms with Gasteiger partial charge in [-0.2, -0.15) is 4.31 Å². The van der Waals surface area contributed by atoms with Crippen molar-refractivity contribution >= 4 is 15.8 Å². The number of aryl methyl sites for hydroxylation is 1. The molecule has 2 bridgehead atoms. The number of fused-ring (bicyclic) bond motifs is 1. The average Bonchev–Trinajstić information content (AvgIpc) is 2.93. The van der Waals surface area contributed by atoms with Crippen LogP contribution in [0.3, 0.4) is 0 Å². The first-order valence-corrected chi connectivity index (χ1v) is 10.3. The van der Waals surface area contributed by atoms with Gasteiger partial charge in [0.15, 0.2) is 5.78 Å². The van der Waals surface area contributed by atoms with E-state index in [4.69, 9.17) is 0 Å². The minimum Gasteiger partial charge on any atom is -0.298 e. The molecular weight excluding hydrogens is 334 g/mol. The normalized spacial score (nSPS) is 34.1. The molecule has 5 rings (SSSR count). The molecular formula is C20H25NO3S.